The van der Waals surface area contributed by atoms with Gasteiger partial charge in [0.1, 0.15) is 0 Å². The van der Waals surface area contributed by atoms with Crippen molar-refractivity contribution in [2.45, 2.75) is 19.8 Å². The van der Waals surface area contributed by atoms with Gasteiger partial charge < -0.3 is 10.6 Å². The number of carbonyl (C=O) groups excluding carboxylic acids is 2. The summed E-state index contributed by atoms with van der Waals surface area (Å²) < 4.78 is 0.919. The fourth-order valence-electron chi connectivity index (χ4n) is 2.16. The topological polar surface area (TPSA) is 58.2 Å². The third kappa shape index (κ3) is 5.21. The van der Waals surface area contributed by atoms with Gasteiger partial charge in [-0.25, -0.2) is 0 Å². The van der Waals surface area contributed by atoms with Crippen LogP contribution < -0.4 is 10.6 Å². The summed E-state index contributed by atoms with van der Waals surface area (Å²) >= 11 is 3.32. The minimum atomic E-state index is -0.181. The summed E-state index contributed by atoms with van der Waals surface area (Å²) in [5.41, 5.74) is 2.50. The first-order valence-electron chi connectivity index (χ1n) is 7.51. The molecule has 0 heterocycles. The molecule has 2 rings (SSSR count). The average molecular weight is 375 g/mol. The zero-order chi connectivity index (χ0) is 16.7. The number of halogens is 1. The molecule has 0 atom stereocenters. The molecular weight excluding hydrogens is 356 g/mol. The Kier molecular flexibility index (Phi) is 6.35. The maximum atomic E-state index is 12.0. The standard InChI is InChI=1S/C18H19BrN2O2/c1-2-13-5-3-4-6-16(13)21-17(22)11-12-20-18(23)14-7-9-15(19)10-8-14/h3-10H,2,11-12H2,1H3,(H,20,23)(H,21,22). The molecule has 0 aromatic heterocycles. The van der Waals surface area contributed by atoms with Crippen molar-refractivity contribution in [2.24, 2.45) is 0 Å². The van der Waals surface area contributed by atoms with Crippen LogP contribution in [0.15, 0.2) is 53.0 Å². The van der Waals surface area contributed by atoms with Crippen molar-refractivity contribution in [2.75, 3.05) is 11.9 Å². The Labute approximate surface area is 144 Å². The van der Waals surface area contributed by atoms with Gasteiger partial charge in [-0.2, -0.15) is 0 Å². The van der Waals surface area contributed by atoms with E-state index in [4.69, 9.17) is 0 Å². The van der Waals surface area contributed by atoms with E-state index in [1.165, 1.54) is 0 Å². The first-order chi connectivity index (χ1) is 11.1. The Bertz CT molecular complexity index is 684. The van der Waals surface area contributed by atoms with Gasteiger partial charge in [-0.3, -0.25) is 9.59 Å². The van der Waals surface area contributed by atoms with Crippen LogP contribution in [-0.4, -0.2) is 18.4 Å². The maximum absolute atomic E-state index is 12.0. The van der Waals surface area contributed by atoms with Crippen LogP contribution in [-0.2, 0) is 11.2 Å². The summed E-state index contributed by atoms with van der Waals surface area (Å²) in [4.78, 5) is 23.9. The lowest BCUT2D eigenvalue weighted by atomic mass is 10.1. The fourth-order valence-corrected chi connectivity index (χ4v) is 2.42. The molecule has 0 aliphatic carbocycles. The van der Waals surface area contributed by atoms with E-state index >= 15 is 0 Å². The van der Waals surface area contributed by atoms with Crippen molar-refractivity contribution in [3.8, 4) is 0 Å². The number of amides is 2. The van der Waals surface area contributed by atoms with Gasteiger partial charge in [0.05, 0.1) is 0 Å². The van der Waals surface area contributed by atoms with Gasteiger partial charge >= 0.3 is 0 Å². The maximum Gasteiger partial charge on any atom is 0.251 e. The average Bonchev–Trinajstić information content (AvgIpc) is 2.56. The smallest absolute Gasteiger partial charge is 0.251 e. The molecule has 0 saturated carbocycles. The van der Waals surface area contributed by atoms with E-state index in [-0.39, 0.29) is 18.2 Å². The third-order valence-electron chi connectivity index (χ3n) is 3.42. The van der Waals surface area contributed by atoms with Gasteiger partial charge in [-0.15, -0.1) is 0 Å². The van der Waals surface area contributed by atoms with E-state index in [0.717, 1.165) is 22.1 Å². The molecule has 0 fully saturated rings. The van der Waals surface area contributed by atoms with Crippen molar-refractivity contribution >= 4 is 33.4 Å². The molecule has 2 aromatic carbocycles. The van der Waals surface area contributed by atoms with Crippen LogP contribution in [0.2, 0.25) is 0 Å². The number of aryl methyl sites for hydroxylation is 1. The molecule has 0 radical (unpaired) electrons. The van der Waals surface area contributed by atoms with Crippen LogP contribution in [0.5, 0.6) is 0 Å². The fraction of sp³-hybridized carbons (Fsp3) is 0.222. The second kappa shape index (κ2) is 8.48. The number of benzene rings is 2. The molecule has 5 heteroatoms. The molecule has 0 aliphatic rings. The molecule has 2 amide bonds. The first kappa shape index (κ1) is 17.2. The van der Waals surface area contributed by atoms with Crippen LogP contribution in [0.1, 0.15) is 29.3 Å². The number of hydrogen-bond donors (Lipinski definition) is 2. The molecule has 0 spiro atoms. The minimum Gasteiger partial charge on any atom is -0.352 e. The van der Waals surface area contributed by atoms with Crippen LogP contribution in [0, 0.1) is 0 Å². The van der Waals surface area contributed by atoms with Gasteiger partial charge in [-0.05, 0) is 42.3 Å². The highest BCUT2D eigenvalue weighted by atomic mass is 79.9. The van der Waals surface area contributed by atoms with Gasteiger partial charge in [0.15, 0.2) is 0 Å². The minimum absolute atomic E-state index is 0.109. The number of nitrogens with one attached hydrogen (secondary N) is 2. The molecule has 4 nitrogen and oxygen atoms in total. The molecule has 0 saturated heterocycles. The van der Waals surface area contributed by atoms with E-state index in [9.17, 15) is 9.59 Å². The molecule has 0 unspecified atom stereocenters. The second-order valence-electron chi connectivity index (χ2n) is 5.07. The number of hydrogen-bond acceptors (Lipinski definition) is 2. The lowest BCUT2D eigenvalue weighted by Crippen LogP contribution is -2.27. The van der Waals surface area contributed by atoms with Crippen molar-refractivity contribution < 1.29 is 9.59 Å². The Morgan fingerprint density at radius 1 is 1.04 bits per heavy atom. The van der Waals surface area contributed by atoms with Crippen LogP contribution >= 0.6 is 15.9 Å². The number of rotatable bonds is 6. The van der Waals surface area contributed by atoms with Gasteiger partial charge in [0.25, 0.3) is 5.91 Å². The number of para-hydroxylation sites is 1. The van der Waals surface area contributed by atoms with Crippen LogP contribution in [0.4, 0.5) is 5.69 Å². The summed E-state index contributed by atoms with van der Waals surface area (Å²) in [6, 6.07) is 14.8. The SMILES string of the molecule is CCc1ccccc1NC(=O)CCNC(=O)c1ccc(Br)cc1. The summed E-state index contributed by atoms with van der Waals surface area (Å²) in [5.74, 6) is -0.290. The molecule has 0 aliphatic heterocycles. The zero-order valence-electron chi connectivity index (χ0n) is 12.9. The van der Waals surface area contributed by atoms with E-state index in [1.807, 2.05) is 43.3 Å². The molecule has 2 N–H and O–H groups in total. The molecule has 23 heavy (non-hydrogen) atoms. The third-order valence-corrected chi connectivity index (χ3v) is 3.95. The van der Waals surface area contributed by atoms with Gasteiger partial charge in [-0.1, -0.05) is 41.1 Å². The monoisotopic (exact) mass is 374 g/mol. The summed E-state index contributed by atoms with van der Waals surface area (Å²) in [6.45, 7) is 2.35. The zero-order valence-corrected chi connectivity index (χ0v) is 14.5. The van der Waals surface area contributed by atoms with Crippen LogP contribution in [0.25, 0.3) is 0 Å². The van der Waals surface area contributed by atoms with Crippen molar-refractivity contribution in [1.29, 1.82) is 0 Å². The highest BCUT2D eigenvalue weighted by Crippen LogP contribution is 2.15. The molecule has 120 valence electrons. The summed E-state index contributed by atoms with van der Waals surface area (Å²) in [7, 11) is 0. The molecule has 2 aromatic rings. The molecular formula is C18H19BrN2O2. The van der Waals surface area contributed by atoms with E-state index < -0.39 is 0 Å². The number of anilines is 1. The predicted octanol–water partition coefficient (Wildman–Crippen LogP) is 3.77. The van der Waals surface area contributed by atoms with Gasteiger partial charge in [0.2, 0.25) is 5.91 Å². The van der Waals surface area contributed by atoms with E-state index in [2.05, 4.69) is 26.6 Å². The first-order valence-corrected chi connectivity index (χ1v) is 8.31. The molecule has 0 bridgehead atoms. The Morgan fingerprint density at radius 2 is 1.74 bits per heavy atom. The second-order valence-corrected chi connectivity index (χ2v) is 5.99. The van der Waals surface area contributed by atoms with E-state index in [0.29, 0.717) is 12.1 Å². The predicted molar refractivity (Wildman–Crippen MR) is 95.5 cm³/mol. The largest absolute Gasteiger partial charge is 0.352 e. The normalized spacial score (nSPS) is 10.2. The lowest BCUT2D eigenvalue weighted by Gasteiger charge is -2.10. The summed E-state index contributed by atoms with van der Waals surface area (Å²) in [6.07, 6.45) is 1.09. The van der Waals surface area contributed by atoms with E-state index in [1.54, 1.807) is 12.1 Å². The Morgan fingerprint density at radius 3 is 2.43 bits per heavy atom. The summed E-state index contributed by atoms with van der Waals surface area (Å²) in [5, 5.41) is 5.63. The highest BCUT2D eigenvalue weighted by Gasteiger charge is 2.08. The van der Waals surface area contributed by atoms with Crippen LogP contribution in [0.3, 0.4) is 0 Å². The van der Waals surface area contributed by atoms with Crippen molar-refractivity contribution in [3.63, 3.8) is 0 Å². The Hall–Kier alpha value is -2.14. The quantitative estimate of drug-likeness (QED) is 0.808. The van der Waals surface area contributed by atoms with Crippen molar-refractivity contribution in [3.05, 3.63) is 64.1 Å². The van der Waals surface area contributed by atoms with Gasteiger partial charge in [0, 0.05) is 28.7 Å². The number of carbonyl (C=O) groups is 2. The Balaban J connectivity index is 1.80. The lowest BCUT2D eigenvalue weighted by molar-refractivity contribution is -0.116. The van der Waals surface area contributed by atoms with Crippen molar-refractivity contribution in [1.82, 2.24) is 5.32 Å². The highest BCUT2D eigenvalue weighted by molar-refractivity contribution is 9.10.